The van der Waals surface area contributed by atoms with E-state index in [2.05, 4.69) is 42.8 Å². The average molecular weight is 294 g/mol. The number of anilines is 1. The van der Waals surface area contributed by atoms with E-state index in [4.69, 9.17) is 18.0 Å². The van der Waals surface area contributed by atoms with Crippen LogP contribution in [0, 0.1) is 5.92 Å². The lowest BCUT2D eigenvalue weighted by Crippen LogP contribution is -2.29. The van der Waals surface area contributed by atoms with Crippen molar-refractivity contribution < 1.29 is 0 Å². The zero-order valence-electron chi connectivity index (χ0n) is 13.2. The summed E-state index contributed by atoms with van der Waals surface area (Å²) in [6.07, 6.45) is 2.85. The summed E-state index contributed by atoms with van der Waals surface area (Å²) in [6.45, 7) is 9.53. The molecule has 1 unspecified atom stereocenters. The van der Waals surface area contributed by atoms with Gasteiger partial charge in [0.1, 0.15) is 4.99 Å². The molecule has 0 spiro atoms. The van der Waals surface area contributed by atoms with Crippen LogP contribution in [0.1, 0.15) is 50.9 Å². The minimum atomic E-state index is 0.414. The Balaban J connectivity index is 3.29. The molecule has 0 radical (unpaired) electrons. The van der Waals surface area contributed by atoms with E-state index >= 15 is 0 Å². The molecule has 20 heavy (non-hydrogen) atoms. The fraction of sp³-hybridized carbons (Fsp3) is 0.667. The molecule has 0 aliphatic carbocycles. The largest absolute Gasteiger partial charge is 0.389 e. The first-order valence-corrected chi connectivity index (χ1v) is 7.76. The molecule has 2 N–H and O–H groups in total. The molecule has 0 aliphatic heterocycles. The second-order valence-electron chi connectivity index (χ2n) is 5.29. The SMILES string of the molecule is CCc1nnc(N(C)CC(C)CC)c(C(N)=S)c1CC. The zero-order chi connectivity index (χ0) is 15.3. The van der Waals surface area contributed by atoms with Crippen molar-refractivity contribution in [3.63, 3.8) is 0 Å². The smallest absolute Gasteiger partial charge is 0.161 e. The minimum Gasteiger partial charge on any atom is -0.389 e. The van der Waals surface area contributed by atoms with Gasteiger partial charge in [-0.15, -0.1) is 5.10 Å². The maximum atomic E-state index is 5.95. The first-order chi connectivity index (χ1) is 9.46. The van der Waals surface area contributed by atoms with Gasteiger partial charge in [0.2, 0.25) is 0 Å². The molecule has 1 rings (SSSR count). The van der Waals surface area contributed by atoms with E-state index in [9.17, 15) is 0 Å². The third-order valence-electron chi connectivity index (χ3n) is 3.72. The van der Waals surface area contributed by atoms with Gasteiger partial charge in [-0.05, 0) is 24.3 Å². The summed E-state index contributed by atoms with van der Waals surface area (Å²) in [7, 11) is 2.03. The molecule has 0 bridgehead atoms. The molecule has 0 amide bonds. The van der Waals surface area contributed by atoms with Gasteiger partial charge < -0.3 is 10.6 Å². The Labute approximate surface area is 127 Å². The Kier molecular flexibility index (Phi) is 6.33. The standard InChI is InChI=1S/C15H26N4S/c1-6-10(4)9-19(5)15-13(14(16)20)11(7-2)12(8-3)17-18-15/h10H,6-9H2,1-5H3,(H2,16,20). The van der Waals surface area contributed by atoms with E-state index in [1.165, 1.54) is 0 Å². The van der Waals surface area contributed by atoms with E-state index in [1.807, 2.05) is 7.05 Å². The summed E-state index contributed by atoms with van der Waals surface area (Å²) in [5, 5.41) is 8.73. The highest BCUT2D eigenvalue weighted by molar-refractivity contribution is 7.80. The summed E-state index contributed by atoms with van der Waals surface area (Å²) in [6, 6.07) is 0. The van der Waals surface area contributed by atoms with Crippen LogP contribution >= 0.6 is 12.2 Å². The summed E-state index contributed by atoms with van der Waals surface area (Å²) < 4.78 is 0. The highest BCUT2D eigenvalue weighted by atomic mass is 32.1. The first kappa shape index (κ1) is 16.8. The van der Waals surface area contributed by atoms with Crippen molar-refractivity contribution in [2.24, 2.45) is 11.7 Å². The molecular formula is C15H26N4S. The van der Waals surface area contributed by atoms with Crippen molar-refractivity contribution in [1.82, 2.24) is 10.2 Å². The molecule has 0 aromatic carbocycles. The molecule has 1 atom stereocenters. The van der Waals surface area contributed by atoms with Crippen LogP contribution in [0.3, 0.4) is 0 Å². The van der Waals surface area contributed by atoms with Gasteiger partial charge in [0.25, 0.3) is 0 Å². The Hall–Kier alpha value is -1.23. The molecule has 112 valence electrons. The van der Waals surface area contributed by atoms with Gasteiger partial charge in [0, 0.05) is 13.6 Å². The Morgan fingerprint density at radius 1 is 1.25 bits per heavy atom. The van der Waals surface area contributed by atoms with Gasteiger partial charge in [-0.25, -0.2) is 0 Å². The van der Waals surface area contributed by atoms with Crippen LogP contribution in [-0.4, -0.2) is 28.8 Å². The van der Waals surface area contributed by atoms with Crippen LogP contribution in [0.4, 0.5) is 5.82 Å². The van der Waals surface area contributed by atoms with Crippen LogP contribution in [0.25, 0.3) is 0 Å². The Bertz CT molecular complexity index is 473. The van der Waals surface area contributed by atoms with Crippen LogP contribution in [-0.2, 0) is 12.8 Å². The summed E-state index contributed by atoms with van der Waals surface area (Å²) in [5.41, 5.74) is 8.99. The number of aromatic nitrogens is 2. The predicted molar refractivity (Wildman–Crippen MR) is 89.4 cm³/mol. The molecule has 0 saturated carbocycles. The third-order valence-corrected chi connectivity index (χ3v) is 3.92. The van der Waals surface area contributed by atoms with Crippen molar-refractivity contribution in [1.29, 1.82) is 0 Å². The maximum Gasteiger partial charge on any atom is 0.161 e. The molecule has 4 nitrogen and oxygen atoms in total. The van der Waals surface area contributed by atoms with Crippen LogP contribution < -0.4 is 10.6 Å². The number of nitrogens with zero attached hydrogens (tertiary/aromatic N) is 3. The van der Waals surface area contributed by atoms with Crippen LogP contribution in [0.2, 0.25) is 0 Å². The lowest BCUT2D eigenvalue weighted by Gasteiger charge is -2.25. The number of rotatable bonds is 7. The van der Waals surface area contributed by atoms with Crippen molar-refractivity contribution >= 4 is 23.0 Å². The summed E-state index contributed by atoms with van der Waals surface area (Å²) in [5.74, 6) is 1.41. The van der Waals surface area contributed by atoms with E-state index < -0.39 is 0 Å². The highest BCUT2D eigenvalue weighted by Crippen LogP contribution is 2.24. The van der Waals surface area contributed by atoms with E-state index in [1.54, 1.807) is 0 Å². The predicted octanol–water partition coefficient (Wildman–Crippen LogP) is 2.72. The number of nitrogens with two attached hydrogens (primary N) is 1. The van der Waals surface area contributed by atoms with Gasteiger partial charge in [-0.3, -0.25) is 0 Å². The molecule has 1 aromatic heterocycles. The second kappa shape index (κ2) is 7.53. The van der Waals surface area contributed by atoms with E-state index in [0.717, 1.165) is 48.4 Å². The molecule has 1 aromatic rings. The zero-order valence-corrected chi connectivity index (χ0v) is 14.0. The first-order valence-electron chi connectivity index (χ1n) is 7.35. The van der Waals surface area contributed by atoms with Crippen molar-refractivity contribution in [2.75, 3.05) is 18.5 Å². The topological polar surface area (TPSA) is 55.0 Å². The highest BCUT2D eigenvalue weighted by Gasteiger charge is 2.20. The second-order valence-corrected chi connectivity index (χ2v) is 5.73. The normalized spacial score (nSPS) is 12.2. The molecule has 5 heteroatoms. The van der Waals surface area contributed by atoms with Crippen molar-refractivity contribution in [3.8, 4) is 0 Å². The van der Waals surface area contributed by atoms with E-state index in [-0.39, 0.29) is 0 Å². The van der Waals surface area contributed by atoms with E-state index in [0.29, 0.717) is 10.9 Å². The molecule has 0 aliphatic rings. The third kappa shape index (κ3) is 3.66. The molecule has 0 saturated heterocycles. The quantitative estimate of drug-likeness (QED) is 0.784. The molecule has 1 heterocycles. The number of thiocarbonyl (C=S) groups is 1. The fourth-order valence-corrected chi connectivity index (χ4v) is 2.59. The van der Waals surface area contributed by atoms with Crippen molar-refractivity contribution in [2.45, 2.75) is 47.0 Å². The van der Waals surface area contributed by atoms with Crippen molar-refractivity contribution in [3.05, 3.63) is 16.8 Å². The van der Waals surface area contributed by atoms with Gasteiger partial charge in [-0.1, -0.05) is 46.3 Å². The monoisotopic (exact) mass is 294 g/mol. The number of aryl methyl sites for hydroxylation is 1. The van der Waals surface area contributed by atoms with Crippen LogP contribution in [0.15, 0.2) is 0 Å². The number of hydrogen-bond acceptors (Lipinski definition) is 4. The Morgan fingerprint density at radius 2 is 1.90 bits per heavy atom. The molecular weight excluding hydrogens is 268 g/mol. The van der Waals surface area contributed by atoms with Gasteiger partial charge in [0.05, 0.1) is 11.3 Å². The average Bonchev–Trinajstić information content (AvgIpc) is 2.44. The lowest BCUT2D eigenvalue weighted by molar-refractivity contribution is 0.556. The maximum absolute atomic E-state index is 5.95. The van der Waals surface area contributed by atoms with Gasteiger partial charge in [-0.2, -0.15) is 5.10 Å². The van der Waals surface area contributed by atoms with Gasteiger partial charge >= 0.3 is 0 Å². The summed E-state index contributed by atoms with van der Waals surface area (Å²) >= 11 is 5.26. The Morgan fingerprint density at radius 3 is 2.35 bits per heavy atom. The molecule has 0 fully saturated rings. The summed E-state index contributed by atoms with van der Waals surface area (Å²) in [4.78, 5) is 2.53. The van der Waals surface area contributed by atoms with Gasteiger partial charge in [0.15, 0.2) is 5.82 Å². The lowest BCUT2D eigenvalue weighted by atomic mass is 10.0. The van der Waals surface area contributed by atoms with Crippen LogP contribution in [0.5, 0.6) is 0 Å². The number of hydrogen-bond donors (Lipinski definition) is 1. The minimum absolute atomic E-state index is 0.414. The fourth-order valence-electron chi connectivity index (χ4n) is 2.37.